The average Bonchev–Trinajstić information content (AvgIpc) is 2.75. The molecular formula is C13H23N3. The van der Waals surface area contributed by atoms with Gasteiger partial charge in [-0.05, 0) is 25.2 Å². The molecule has 2 rings (SSSR count). The predicted octanol–water partition coefficient (Wildman–Crippen LogP) is 2.86. The van der Waals surface area contributed by atoms with E-state index in [1.807, 2.05) is 7.05 Å². The van der Waals surface area contributed by atoms with Crippen molar-refractivity contribution in [3.63, 3.8) is 0 Å². The van der Waals surface area contributed by atoms with Gasteiger partial charge in [0.1, 0.15) is 5.82 Å². The number of aryl methyl sites for hydroxylation is 1. The third-order valence-electron chi connectivity index (χ3n) is 3.82. The molecule has 0 atom stereocenters. The van der Waals surface area contributed by atoms with E-state index in [9.17, 15) is 0 Å². The lowest BCUT2D eigenvalue weighted by Gasteiger charge is -2.28. The van der Waals surface area contributed by atoms with E-state index in [2.05, 4.69) is 25.0 Å². The molecule has 3 nitrogen and oxygen atoms in total. The number of rotatable bonds is 3. The fourth-order valence-electron chi connectivity index (χ4n) is 3.14. The van der Waals surface area contributed by atoms with Crippen molar-refractivity contribution in [1.82, 2.24) is 9.78 Å². The second kappa shape index (κ2) is 4.11. The summed E-state index contributed by atoms with van der Waals surface area (Å²) < 4.78 is 1.80. The smallest absolute Gasteiger partial charge is 0.121 e. The summed E-state index contributed by atoms with van der Waals surface area (Å²) in [4.78, 5) is 0. The topological polar surface area (TPSA) is 43.8 Å². The molecule has 0 saturated heterocycles. The molecule has 1 heterocycles. The van der Waals surface area contributed by atoms with Crippen molar-refractivity contribution in [3.05, 3.63) is 11.8 Å². The van der Waals surface area contributed by atoms with Crippen molar-refractivity contribution < 1.29 is 0 Å². The first-order valence-corrected chi connectivity index (χ1v) is 6.33. The Bertz CT molecular complexity index is 340. The van der Waals surface area contributed by atoms with Gasteiger partial charge in [-0.3, -0.25) is 4.68 Å². The highest BCUT2D eigenvalue weighted by Crippen LogP contribution is 2.45. The lowest BCUT2D eigenvalue weighted by atomic mass is 9.76. The summed E-state index contributed by atoms with van der Waals surface area (Å²) in [7, 11) is 1.93. The van der Waals surface area contributed by atoms with E-state index in [4.69, 9.17) is 5.73 Å². The second-order valence-corrected chi connectivity index (χ2v) is 5.66. The van der Waals surface area contributed by atoms with Gasteiger partial charge in [0, 0.05) is 18.5 Å². The molecule has 16 heavy (non-hydrogen) atoms. The predicted molar refractivity (Wildman–Crippen MR) is 67.2 cm³/mol. The first-order valence-electron chi connectivity index (χ1n) is 6.33. The minimum atomic E-state index is 0.309. The van der Waals surface area contributed by atoms with E-state index in [1.54, 1.807) is 4.68 Å². The molecule has 1 aromatic heterocycles. The quantitative estimate of drug-likeness (QED) is 0.853. The Morgan fingerprint density at radius 2 is 2.06 bits per heavy atom. The number of hydrogen-bond donors (Lipinski definition) is 1. The van der Waals surface area contributed by atoms with Crippen LogP contribution in [-0.4, -0.2) is 9.78 Å². The minimum Gasteiger partial charge on any atom is -0.384 e. The van der Waals surface area contributed by atoms with Crippen LogP contribution in [0.1, 0.15) is 51.6 Å². The zero-order valence-electron chi connectivity index (χ0n) is 10.7. The van der Waals surface area contributed by atoms with Gasteiger partial charge in [0.25, 0.3) is 0 Å². The van der Waals surface area contributed by atoms with Crippen LogP contribution < -0.4 is 5.73 Å². The number of anilines is 1. The molecule has 1 aliphatic rings. The normalized spacial score (nSPS) is 19.5. The lowest BCUT2D eigenvalue weighted by Crippen LogP contribution is -2.25. The molecule has 0 unspecified atom stereocenters. The molecule has 0 bridgehead atoms. The Hall–Kier alpha value is -0.990. The van der Waals surface area contributed by atoms with E-state index in [-0.39, 0.29) is 0 Å². The number of aromatic nitrogens is 2. The van der Waals surface area contributed by atoms with Crippen LogP contribution in [0.5, 0.6) is 0 Å². The summed E-state index contributed by atoms with van der Waals surface area (Å²) in [5, 5.41) is 4.61. The zero-order chi connectivity index (χ0) is 11.8. The van der Waals surface area contributed by atoms with E-state index in [1.165, 1.54) is 37.8 Å². The van der Waals surface area contributed by atoms with Crippen LogP contribution in [0, 0.1) is 5.92 Å². The standard InChI is InChI=1S/C13H23N3/c1-10(2)9-13(6-4-5-7-13)11-8-12(14)16(3)15-11/h8,10H,4-7,9,14H2,1-3H3. The van der Waals surface area contributed by atoms with Crippen molar-refractivity contribution >= 4 is 5.82 Å². The Labute approximate surface area is 98.0 Å². The second-order valence-electron chi connectivity index (χ2n) is 5.66. The van der Waals surface area contributed by atoms with Gasteiger partial charge in [-0.1, -0.05) is 26.7 Å². The summed E-state index contributed by atoms with van der Waals surface area (Å²) in [6, 6.07) is 2.08. The summed E-state index contributed by atoms with van der Waals surface area (Å²) in [5.41, 5.74) is 7.43. The van der Waals surface area contributed by atoms with Gasteiger partial charge in [-0.15, -0.1) is 0 Å². The summed E-state index contributed by atoms with van der Waals surface area (Å²) in [6.45, 7) is 4.60. The average molecular weight is 221 g/mol. The van der Waals surface area contributed by atoms with Crippen LogP contribution in [0.15, 0.2) is 6.07 Å². The molecule has 0 spiro atoms. The van der Waals surface area contributed by atoms with Crippen LogP contribution in [0.25, 0.3) is 0 Å². The summed E-state index contributed by atoms with van der Waals surface area (Å²) in [5.74, 6) is 1.51. The lowest BCUT2D eigenvalue weighted by molar-refractivity contribution is 0.335. The van der Waals surface area contributed by atoms with E-state index in [0.717, 1.165) is 11.7 Å². The highest BCUT2D eigenvalue weighted by Gasteiger charge is 2.38. The van der Waals surface area contributed by atoms with Crippen LogP contribution in [0.2, 0.25) is 0 Å². The number of nitrogen functional groups attached to an aromatic ring is 1. The van der Waals surface area contributed by atoms with Gasteiger partial charge in [-0.25, -0.2) is 0 Å². The Morgan fingerprint density at radius 1 is 1.44 bits per heavy atom. The molecule has 0 aromatic carbocycles. The van der Waals surface area contributed by atoms with Crippen molar-refractivity contribution in [2.24, 2.45) is 13.0 Å². The molecule has 1 fully saturated rings. The molecular weight excluding hydrogens is 198 g/mol. The van der Waals surface area contributed by atoms with Crippen LogP contribution in [0.3, 0.4) is 0 Å². The molecule has 1 aromatic rings. The highest BCUT2D eigenvalue weighted by atomic mass is 15.3. The van der Waals surface area contributed by atoms with Crippen LogP contribution in [0.4, 0.5) is 5.82 Å². The molecule has 0 radical (unpaired) electrons. The largest absolute Gasteiger partial charge is 0.384 e. The van der Waals surface area contributed by atoms with E-state index in [0.29, 0.717) is 5.41 Å². The molecule has 1 saturated carbocycles. The fourth-order valence-corrected chi connectivity index (χ4v) is 3.14. The maximum Gasteiger partial charge on any atom is 0.121 e. The third kappa shape index (κ3) is 1.95. The van der Waals surface area contributed by atoms with Crippen molar-refractivity contribution in [2.45, 2.75) is 51.4 Å². The maximum absolute atomic E-state index is 5.90. The highest BCUT2D eigenvalue weighted by molar-refractivity contribution is 5.34. The Morgan fingerprint density at radius 3 is 2.50 bits per heavy atom. The molecule has 2 N–H and O–H groups in total. The first kappa shape index (κ1) is 11.5. The molecule has 0 aliphatic heterocycles. The van der Waals surface area contributed by atoms with E-state index < -0.39 is 0 Å². The van der Waals surface area contributed by atoms with Gasteiger partial charge in [-0.2, -0.15) is 5.10 Å². The molecule has 3 heteroatoms. The van der Waals surface area contributed by atoms with Crippen molar-refractivity contribution in [3.8, 4) is 0 Å². The van der Waals surface area contributed by atoms with Gasteiger partial charge in [0.15, 0.2) is 0 Å². The number of nitrogens with two attached hydrogens (primary N) is 1. The zero-order valence-corrected chi connectivity index (χ0v) is 10.7. The van der Waals surface area contributed by atoms with Crippen molar-refractivity contribution in [1.29, 1.82) is 0 Å². The molecule has 90 valence electrons. The monoisotopic (exact) mass is 221 g/mol. The maximum atomic E-state index is 5.90. The Kier molecular flexibility index (Phi) is 2.96. The Balaban J connectivity index is 2.31. The first-order chi connectivity index (χ1) is 7.53. The van der Waals surface area contributed by atoms with E-state index >= 15 is 0 Å². The van der Waals surface area contributed by atoms with Crippen LogP contribution in [-0.2, 0) is 12.5 Å². The van der Waals surface area contributed by atoms with Crippen molar-refractivity contribution in [2.75, 3.05) is 5.73 Å². The molecule has 1 aliphatic carbocycles. The summed E-state index contributed by atoms with van der Waals surface area (Å²) >= 11 is 0. The minimum absolute atomic E-state index is 0.309. The fraction of sp³-hybridized carbons (Fsp3) is 0.769. The number of hydrogen-bond acceptors (Lipinski definition) is 2. The van der Waals surface area contributed by atoms with Gasteiger partial charge >= 0.3 is 0 Å². The van der Waals surface area contributed by atoms with Crippen LogP contribution >= 0.6 is 0 Å². The number of nitrogens with zero attached hydrogens (tertiary/aromatic N) is 2. The van der Waals surface area contributed by atoms with Gasteiger partial charge in [0.05, 0.1) is 5.69 Å². The third-order valence-corrected chi connectivity index (χ3v) is 3.82. The van der Waals surface area contributed by atoms with Gasteiger partial charge < -0.3 is 5.73 Å². The van der Waals surface area contributed by atoms with Gasteiger partial charge in [0.2, 0.25) is 0 Å². The SMILES string of the molecule is CC(C)CC1(c2cc(N)n(C)n2)CCCC1. The molecule has 0 amide bonds. The summed E-state index contributed by atoms with van der Waals surface area (Å²) in [6.07, 6.45) is 6.47.